The Morgan fingerprint density at radius 1 is 1.22 bits per heavy atom. The summed E-state index contributed by atoms with van der Waals surface area (Å²) >= 11 is 0. The van der Waals surface area contributed by atoms with Crippen LogP contribution in [0.1, 0.15) is 50.2 Å². The van der Waals surface area contributed by atoms with E-state index in [1.54, 1.807) is 0 Å². The van der Waals surface area contributed by atoms with E-state index in [4.69, 9.17) is 9.72 Å². The highest BCUT2D eigenvalue weighted by Crippen LogP contribution is 2.31. The number of piperidine rings is 1. The molecule has 0 aliphatic carbocycles. The van der Waals surface area contributed by atoms with Gasteiger partial charge in [-0.2, -0.15) is 0 Å². The number of aryl methyl sites for hydroxylation is 1. The summed E-state index contributed by atoms with van der Waals surface area (Å²) in [7, 11) is 0. The first-order valence-electron chi connectivity index (χ1n) is 10.0. The smallest absolute Gasteiger partial charge is 0.211 e. The molecule has 142 valence electrons. The largest absolute Gasteiger partial charge is 0.494 e. The molecule has 1 saturated heterocycles. The van der Waals surface area contributed by atoms with Gasteiger partial charge in [0.25, 0.3) is 0 Å². The molecule has 3 aromatic rings. The summed E-state index contributed by atoms with van der Waals surface area (Å²) < 4.78 is 8.06. The lowest BCUT2D eigenvalue weighted by atomic mass is 10.1. The Labute approximate surface area is 160 Å². The average Bonchev–Trinajstić information content (AvgIpc) is 3.18. The van der Waals surface area contributed by atoms with Crippen LogP contribution in [0, 0.1) is 6.92 Å². The molecule has 1 aromatic carbocycles. The van der Waals surface area contributed by atoms with Gasteiger partial charge in [0.2, 0.25) is 5.95 Å². The molecular weight excluding hydrogens is 336 g/mol. The molecule has 5 heteroatoms. The Morgan fingerprint density at radius 3 is 2.81 bits per heavy atom. The summed E-state index contributed by atoms with van der Waals surface area (Å²) in [5.41, 5.74) is 4.02. The van der Waals surface area contributed by atoms with Crippen molar-refractivity contribution in [3.8, 4) is 0 Å². The number of hydrogen-bond donors (Lipinski definition) is 0. The normalized spacial score (nSPS) is 14.8. The van der Waals surface area contributed by atoms with E-state index in [1.807, 2.05) is 12.4 Å². The van der Waals surface area contributed by atoms with Crippen molar-refractivity contribution in [2.45, 2.75) is 46.0 Å². The van der Waals surface area contributed by atoms with E-state index in [9.17, 15) is 0 Å². The molecule has 1 fully saturated rings. The lowest BCUT2D eigenvalue weighted by Gasteiger charge is -2.28. The fourth-order valence-corrected chi connectivity index (χ4v) is 3.83. The summed E-state index contributed by atoms with van der Waals surface area (Å²) in [6.45, 7) is 11.2. The van der Waals surface area contributed by atoms with Crippen molar-refractivity contribution in [1.29, 1.82) is 0 Å². The van der Waals surface area contributed by atoms with Crippen LogP contribution >= 0.6 is 0 Å². The highest BCUT2D eigenvalue weighted by atomic mass is 16.5. The minimum atomic E-state index is 0.690. The van der Waals surface area contributed by atoms with Crippen LogP contribution in [0.3, 0.4) is 0 Å². The number of imidazole rings is 1. The number of anilines is 1. The number of unbranched alkanes of at least 4 members (excludes halogenated alkanes) is 1. The lowest BCUT2D eigenvalue weighted by molar-refractivity contribution is 0.271. The maximum atomic E-state index is 5.94. The van der Waals surface area contributed by atoms with Crippen LogP contribution < -0.4 is 4.90 Å². The van der Waals surface area contributed by atoms with Crippen molar-refractivity contribution in [3.05, 3.63) is 42.2 Å². The zero-order chi connectivity index (χ0) is 18.8. The lowest BCUT2D eigenvalue weighted by Crippen LogP contribution is -2.31. The second-order valence-corrected chi connectivity index (χ2v) is 7.41. The number of rotatable bonds is 6. The third-order valence-electron chi connectivity index (χ3n) is 5.28. The van der Waals surface area contributed by atoms with E-state index in [0.717, 1.165) is 59.6 Å². The van der Waals surface area contributed by atoms with Gasteiger partial charge in [-0.15, -0.1) is 0 Å². The van der Waals surface area contributed by atoms with Gasteiger partial charge in [0, 0.05) is 36.4 Å². The number of benzene rings is 1. The number of hydrogen-bond acceptors (Lipinski definition) is 4. The Hall–Kier alpha value is -2.56. The first kappa shape index (κ1) is 17.8. The summed E-state index contributed by atoms with van der Waals surface area (Å²) in [5, 5.41) is 1.05. The number of aromatic nitrogens is 3. The van der Waals surface area contributed by atoms with Gasteiger partial charge in [-0.1, -0.05) is 19.9 Å². The minimum Gasteiger partial charge on any atom is -0.494 e. The van der Waals surface area contributed by atoms with Gasteiger partial charge < -0.3 is 9.64 Å². The summed E-state index contributed by atoms with van der Waals surface area (Å²) in [6.07, 6.45) is 9.73. The van der Waals surface area contributed by atoms with Crippen LogP contribution in [0.5, 0.6) is 0 Å². The quantitative estimate of drug-likeness (QED) is 0.457. The van der Waals surface area contributed by atoms with E-state index in [1.165, 1.54) is 19.3 Å². The number of nitrogens with zero attached hydrogens (tertiary/aromatic N) is 4. The van der Waals surface area contributed by atoms with E-state index < -0.39 is 0 Å². The van der Waals surface area contributed by atoms with Gasteiger partial charge in [-0.3, -0.25) is 4.40 Å². The third kappa shape index (κ3) is 3.38. The standard InChI is InChI=1S/C22H28N4O/c1-4-5-13-27-17(3)18-14-16(2)15-19-20(18)24-22(25-10-7-6-8-11-25)26-12-9-23-21(19)26/h9,12,14-15H,3-8,10-11,13H2,1-2H3. The maximum absolute atomic E-state index is 5.94. The van der Waals surface area contributed by atoms with Crippen LogP contribution in [0.25, 0.3) is 22.3 Å². The minimum absolute atomic E-state index is 0.690. The maximum Gasteiger partial charge on any atom is 0.211 e. The van der Waals surface area contributed by atoms with E-state index in [2.05, 4.69) is 46.8 Å². The van der Waals surface area contributed by atoms with Gasteiger partial charge in [-0.25, -0.2) is 9.97 Å². The molecule has 4 rings (SSSR count). The van der Waals surface area contributed by atoms with Crippen molar-refractivity contribution in [2.75, 3.05) is 24.6 Å². The first-order valence-corrected chi connectivity index (χ1v) is 10.0. The molecule has 0 amide bonds. The summed E-state index contributed by atoms with van der Waals surface area (Å²) in [5.74, 6) is 1.67. The van der Waals surface area contributed by atoms with E-state index >= 15 is 0 Å². The van der Waals surface area contributed by atoms with E-state index in [0.29, 0.717) is 12.4 Å². The van der Waals surface area contributed by atoms with E-state index in [-0.39, 0.29) is 0 Å². The van der Waals surface area contributed by atoms with Crippen molar-refractivity contribution in [2.24, 2.45) is 0 Å². The SMILES string of the molecule is C=C(OCCCC)c1cc(C)cc2c1nc(N1CCCCC1)n1ccnc21. The second kappa shape index (κ2) is 7.59. The molecule has 1 aliphatic heterocycles. The Balaban J connectivity index is 1.87. The van der Waals surface area contributed by atoms with Gasteiger partial charge in [0.05, 0.1) is 12.1 Å². The van der Waals surface area contributed by atoms with Gasteiger partial charge >= 0.3 is 0 Å². The molecule has 0 unspecified atom stereocenters. The predicted molar refractivity (Wildman–Crippen MR) is 111 cm³/mol. The molecule has 2 aromatic heterocycles. The number of fused-ring (bicyclic) bond motifs is 3. The van der Waals surface area contributed by atoms with Crippen LogP contribution in [0.15, 0.2) is 31.1 Å². The van der Waals surface area contributed by atoms with Gasteiger partial charge in [-0.05, 0) is 50.3 Å². The van der Waals surface area contributed by atoms with Gasteiger partial charge in [0.1, 0.15) is 11.4 Å². The molecule has 27 heavy (non-hydrogen) atoms. The van der Waals surface area contributed by atoms with Crippen molar-refractivity contribution in [1.82, 2.24) is 14.4 Å². The molecule has 0 spiro atoms. The molecule has 3 heterocycles. The molecule has 1 aliphatic rings. The zero-order valence-electron chi connectivity index (χ0n) is 16.4. The molecular formula is C22H28N4O. The fraction of sp³-hybridized carbons (Fsp3) is 0.455. The monoisotopic (exact) mass is 364 g/mol. The predicted octanol–water partition coefficient (Wildman–Crippen LogP) is 4.97. The van der Waals surface area contributed by atoms with Crippen LogP contribution in [-0.2, 0) is 4.74 Å². The molecule has 0 N–H and O–H groups in total. The molecule has 0 radical (unpaired) electrons. The first-order chi connectivity index (χ1) is 13.2. The highest BCUT2D eigenvalue weighted by Gasteiger charge is 2.20. The molecule has 0 bridgehead atoms. The molecule has 5 nitrogen and oxygen atoms in total. The van der Waals surface area contributed by atoms with Crippen molar-refractivity contribution < 1.29 is 4.74 Å². The second-order valence-electron chi connectivity index (χ2n) is 7.41. The molecule has 0 atom stereocenters. The number of ether oxygens (including phenoxy) is 1. The Bertz CT molecular complexity index is 969. The summed E-state index contributed by atoms with van der Waals surface area (Å²) in [4.78, 5) is 12.1. The van der Waals surface area contributed by atoms with Crippen LogP contribution in [0.2, 0.25) is 0 Å². The molecule has 0 saturated carbocycles. The fourth-order valence-electron chi connectivity index (χ4n) is 3.83. The average molecular weight is 364 g/mol. The van der Waals surface area contributed by atoms with Gasteiger partial charge in [0.15, 0.2) is 0 Å². The Morgan fingerprint density at radius 2 is 2.04 bits per heavy atom. The van der Waals surface area contributed by atoms with Crippen LogP contribution in [0.4, 0.5) is 5.95 Å². The highest BCUT2D eigenvalue weighted by molar-refractivity contribution is 5.99. The van der Waals surface area contributed by atoms with Crippen molar-refractivity contribution in [3.63, 3.8) is 0 Å². The van der Waals surface area contributed by atoms with Crippen LogP contribution in [-0.4, -0.2) is 34.1 Å². The third-order valence-corrected chi connectivity index (χ3v) is 5.28. The Kier molecular flexibility index (Phi) is 5.01. The zero-order valence-corrected chi connectivity index (χ0v) is 16.4. The van der Waals surface area contributed by atoms with Crippen molar-refractivity contribution >= 4 is 28.3 Å². The topological polar surface area (TPSA) is 42.7 Å². The summed E-state index contributed by atoms with van der Waals surface area (Å²) in [6, 6.07) is 4.29.